The summed E-state index contributed by atoms with van der Waals surface area (Å²) in [7, 11) is 0. The maximum absolute atomic E-state index is 12.4. The van der Waals surface area contributed by atoms with E-state index < -0.39 is 5.60 Å². The van der Waals surface area contributed by atoms with Crippen LogP contribution in [-0.4, -0.2) is 35.4 Å². The smallest absolute Gasteiger partial charge is 0.338 e. The Labute approximate surface area is 218 Å². The standard InChI is InChI=1S/C31H36N2O4/c1-19-7-5-6-8-25(19)28-26(29(37-32-28)20-9-10-20)18-35-27-16-24-15-22(27)17-33(24)23-13-11-21(12-14-23)30(34)36-31(2,3)4/h5-8,11-14,20,22,24,27H,9-10,15-18H2,1-4H3/t22-,24-,27+/m0/s1. The van der Waals surface area contributed by atoms with Crippen molar-refractivity contribution in [3.8, 4) is 11.3 Å². The Morgan fingerprint density at radius 1 is 1.08 bits per heavy atom. The first-order valence-electron chi connectivity index (χ1n) is 13.5. The number of aryl methyl sites for hydroxylation is 1. The van der Waals surface area contributed by atoms with Gasteiger partial charge in [-0.3, -0.25) is 0 Å². The molecule has 1 aliphatic heterocycles. The minimum absolute atomic E-state index is 0.244. The summed E-state index contributed by atoms with van der Waals surface area (Å²) < 4.78 is 18.0. The number of hydrogen-bond donors (Lipinski definition) is 0. The molecule has 0 spiro atoms. The van der Waals surface area contributed by atoms with Crippen molar-refractivity contribution in [2.24, 2.45) is 5.92 Å². The van der Waals surface area contributed by atoms with Crippen LogP contribution >= 0.6 is 0 Å². The van der Waals surface area contributed by atoms with Crippen LogP contribution in [0, 0.1) is 12.8 Å². The van der Waals surface area contributed by atoms with E-state index in [0.29, 0.717) is 30.0 Å². The highest BCUT2D eigenvalue weighted by molar-refractivity contribution is 5.90. The van der Waals surface area contributed by atoms with Gasteiger partial charge in [0.15, 0.2) is 0 Å². The summed E-state index contributed by atoms with van der Waals surface area (Å²) in [5.41, 5.74) is 5.66. The van der Waals surface area contributed by atoms with Gasteiger partial charge in [-0.2, -0.15) is 0 Å². The molecule has 6 nitrogen and oxygen atoms in total. The number of carbonyl (C=O) groups excluding carboxylic acids is 1. The highest BCUT2D eigenvalue weighted by atomic mass is 16.6. The number of ether oxygens (including phenoxy) is 2. The van der Waals surface area contributed by atoms with E-state index >= 15 is 0 Å². The van der Waals surface area contributed by atoms with Gasteiger partial charge in [-0.05, 0) is 83.2 Å². The Hall–Kier alpha value is -3.12. The molecule has 2 bridgehead atoms. The Bertz CT molecular complexity index is 1290. The maximum Gasteiger partial charge on any atom is 0.338 e. The average molecular weight is 501 g/mol. The molecule has 6 heteroatoms. The van der Waals surface area contributed by atoms with Gasteiger partial charge >= 0.3 is 5.97 Å². The molecule has 2 aliphatic carbocycles. The molecule has 0 radical (unpaired) electrons. The lowest BCUT2D eigenvalue weighted by atomic mass is 10.0. The third-order valence-electron chi connectivity index (χ3n) is 7.92. The van der Waals surface area contributed by atoms with Crippen LogP contribution in [0.25, 0.3) is 11.3 Å². The fraction of sp³-hybridized carbons (Fsp3) is 0.484. The summed E-state index contributed by atoms with van der Waals surface area (Å²) in [6.07, 6.45) is 4.75. The van der Waals surface area contributed by atoms with E-state index in [1.165, 1.54) is 18.4 Å². The second-order valence-corrected chi connectivity index (χ2v) is 11.9. The lowest BCUT2D eigenvalue weighted by molar-refractivity contribution is 0.00695. The van der Waals surface area contributed by atoms with Gasteiger partial charge in [-0.25, -0.2) is 4.79 Å². The number of fused-ring (bicyclic) bond motifs is 2. The molecule has 1 aromatic heterocycles. The molecule has 6 rings (SSSR count). The first-order valence-corrected chi connectivity index (χ1v) is 13.5. The average Bonchev–Trinajstić information content (AvgIpc) is 3.31. The Kier molecular flexibility index (Phi) is 6.10. The summed E-state index contributed by atoms with van der Waals surface area (Å²) in [5.74, 6) is 1.73. The van der Waals surface area contributed by atoms with Crippen LogP contribution < -0.4 is 4.90 Å². The third kappa shape index (κ3) is 4.91. The Morgan fingerprint density at radius 3 is 2.49 bits per heavy atom. The second-order valence-electron chi connectivity index (χ2n) is 11.9. The van der Waals surface area contributed by atoms with Crippen LogP contribution in [0.5, 0.6) is 0 Å². The van der Waals surface area contributed by atoms with Crippen molar-refractivity contribution < 1.29 is 18.8 Å². The molecule has 3 aromatic rings. The van der Waals surface area contributed by atoms with Gasteiger partial charge < -0.3 is 18.9 Å². The quantitative estimate of drug-likeness (QED) is 0.338. The van der Waals surface area contributed by atoms with Gasteiger partial charge in [0.05, 0.1) is 18.3 Å². The van der Waals surface area contributed by atoms with E-state index in [-0.39, 0.29) is 12.1 Å². The minimum Gasteiger partial charge on any atom is -0.456 e. The molecule has 0 unspecified atom stereocenters. The molecule has 2 heterocycles. The SMILES string of the molecule is Cc1ccccc1-c1noc(C2CC2)c1CO[C@@H]1C[C@@H]2C[C@H]1CN2c1ccc(C(=O)OC(C)(C)C)cc1. The number of nitrogens with zero attached hydrogens (tertiary/aromatic N) is 2. The molecule has 194 valence electrons. The fourth-order valence-corrected chi connectivity index (χ4v) is 5.92. The molecule has 3 atom stereocenters. The largest absolute Gasteiger partial charge is 0.456 e. The summed E-state index contributed by atoms with van der Waals surface area (Å²) in [5, 5.41) is 4.50. The summed E-state index contributed by atoms with van der Waals surface area (Å²) in [6.45, 7) is 9.31. The number of esters is 1. The Balaban J connectivity index is 1.11. The number of aromatic nitrogens is 1. The molecular weight excluding hydrogens is 464 g/mol. The van der Waals surface area contributed by atoms with E-state index in [0.717, 1.165) is 47.7 Å². The van der Waals surface area contributed by atoms with Gasteiger partial charge in [0, 0.05) is 41.2 Å². The maximum atomic E-state index is 12.4. The highest BCUT2D eigenvalue weighted by Gasteiger charge is 2.45. The lowest BCUT2D eigenvalue weighted by Crippen LogP contribution is -2.38. The summed E-state index contributed by atoms with van der Waals surface area (Å²) in [4.78, 5) is 14.8. The van der Waals surface area contributed by atoms with Gasteiger partial charge in [0.25, 0.3) is 0 Å². The van der Waals surface area contributed by atoms with E-state index in [9.17, 15) is 4.79 Å². The number of benzene rings is 2. The van der Waals surface area contributed by atoms with Gasteiger partial charge in [0.1, 0.15) is 17.1 Å². The topological polar surface area (TPSA) is 64.8 Å². The van der Waals surface area contributed by atoms with Crippen molar-refractivity contribution in [1.29, 1.82) is 0 Å². The number of rotatable bonds is 7. The lowest BCUT2D eigenvalue weighted by Gasteiger charge is -2.33. The first-order chi connectivity index (χ1) is 17.8. The molecule has 2 aromatic carbocycles. The predicted molar refractivity (Wildman–Crippen MR) is 143 cm³/mol. The number of carbonyl (C=O) groups is 1. The van der Waals surface area contributed by atoms with Crippen LogP contribution in [0.4, 0.5) is 5.69 Å². The number of hydrogen-bond acceptors (Lipinski definition) is 6. The zero-order chi connectivity index (χ0) is 25.7. The van der Waals surface area contributed by atoms with Crippen molar-refractivity contribution in [2.75, 3.05) is 11.4 Å². The van der Waals surface area contributed by atoms with E-state index in [1.807, 2.05) is 45.0 Å². The molecule has 1 saturated heterocycles. The van der Waals surface area contributed by atoms with Crippen molar-refractivity contribution in [1.82, 2.24) is 5.16 Å². The van der Waals surface area contributed by atoms with Crippen LogP contribution in [0.2, 0.25) is 0 Å². The Morgan fingerprint density at radius 2 is 1.84 bits per heavy atom. The van der Waals surface area contributed by atoms with Gasteiger partial charge in [0.2, 0.25) is 0 Å². The van der Waals surface area contributed by atoms with Crippen molar-refractivity contribution >= 4 is 11.7 Å². The minimum atomic E-state index is -0.495. The first kappa shape index (κ1) is 24.2. The molecule has 2 saturated carbocycles. The predicted octanol–water partition coefficient (Wildman–Crippen LogP) is 6.67. The van der Waals surface area contributed by atoms with Crippen LogP contribution in [0.15, 0.2) is 53.1 Å². The molecule has 0 amide bonds. The van der Waals surface area contributed by atoms with Gasteiger partial charge in [-0.1, -0.05) is 29.4 Å². The van der Waals surface area contributed by atoms with Crippen molar-refractivity contribution in [3.05, 3.63) is 71.0 Å². The van der Waals surface area contributed by atoms with Gasteiger partial charge in [-0.15, -0.1) is 0 Å². The van der Waals surface area contributed by atoms with E-state index in [1.54, 1.807) is 0 Å². The normalized spacial score (nSPS) is 23.0. The van der Waals surface area contributed by atoms with E-state index in [2.05, 4.69) is 41.2 Å². The van der Waals surface area contributed by atoms with Crippen LogP contribution in [-0.2, 0) is 16.1 Å². The van der Waals surface area contributed by atoms with Crippen LogP contribution in [0.1, 0.15) is 79.6 Å². The third-order valence-corrected chi connectivity index (χ3v) is 7.92. The zero-order valence-corrected chi connectivity index (χ0v) is 22.2. The zero-order valence-electron chi connectivity index (χ0n) is 22.2. The van der Waals surface area contributed by atoms with E-state index in [4.69, 9.17) is 14.0 Å². The summed E-state index contributed by atoms with van der Waals surface area (Å²) >= 11 is 0. The molecular formula is C31H36N2O4. The number of piperidine rings is 1. The second kappa shape index (κ2) is 9.32. The molecule has 37 heavy (non-hydrogen) atoms. The fourth-order valence-electron chi connectivity index (χ4n) is 5.92. The molecule has 0 N–H and O–H groups in total. The molecule has 3 aliphatic rings. The van der Waals surface area contributed by atoms with Crippen molar-refractivity contribution in [3.63, 3.8) is 0 Å². The van der Waals surface area contributed by atoms with Crippen molar-refractivity contribution in [2.45, 2.75) is 83.6 Å². The highest BCUT2D eigenvalue weighted by Crippen LogP contribution is 2.46. The van der Waals surface area contributed by atoms with Crippen LogP contribution in [0.3, 0.4) is 0 Å². The number of anilines is 1. The molecule has 3 fully saturated rings. The summed E-state index contributed by atoms with van der Waals surface area (Å²) in [6, 6.07) is 16.7. The monoisotopic (exact) mass is 500 g/mol.